The summed E-state index contributed by atoms with van der Waals surface area (Å²) in [4.78, 5) is 12.4. The van der Waals surface area contributed by atoms with Crippen LogP contribution in [0.4, 0.5) is 0 Å². The van der Waals surface area contributed by atoms with Gasteiger partial charge in [-0.15, -0.1) is 0 Å². The summed E-state index contributed by atoms with van der Waals surface area (Å²) in [6.07, 6.45) is 39.5. The van der Waals surface area contributed by atoms with Crippen LogP contribution in [0, 0.1) is 0 Å². The van der Waals surface area contributed by atoms with Crippen LogP contribution in [0.1, 0.15) is 206 Å². The number of rotatable bonds is 35. The van der Waals surface area contributed by atoms with Crippen LogP contribution in [0.3, 0.4) is 0 Å². The number of allylic oxidation sites excluding steroid dienone is 1. The quantitative estimate of drug-likeness (QED) is 0.0418. The third-order valence-electron chi connectivity index (χ3n) is 9.13. The molecule has 0 aliphatic carbocycles. The molecule has 5 heteroatoms. The van der Waals surface area contributed by atoms with Gasteiger partial charge in [-0.1, -0.05) is 199 Å². The van der Waals surface area contributed by atoms with Gasteiger partial charge in [-0.3, -0.25) is 4.79 Å². The van der Waals surface area contributed by atoms with Crippen molar-refractivity contribution < 1.29 is 20.1 Å². The highest BCUT2D eigenvalue weighted by atomic mass is 16.3. The number of carbonyl (C=O) groups is 1. The lowest BCUT2D eigenvalue weighted by atomic mass is 10.0. The second-order valence-electron chi connectivity index (χ2n) is 13.5. The van der Waals surface area contributed by atoms with Crippen LogP contribution in [0.15, 0.2) is 12.2 Å². The summed E-state index contributed by atoms with van der Waals surface area (Å²) in [5.41, 5.74) is 0. The molecule has 3 unspecified atom stereocenters. The van der Waals surface area contributed by atoms with Crippen LogP contribution >= 0.6 is 0 Å². The number of amides is 1. The molecule has 0 aliphatic rings. The van der Waals surface area contributed by atoms with Crippen molar-refractivity contribution in [1.82, 2.24) is 5.32 Å². The van der Waals surface area contributed by atoms with Gasteiger partial charge in [0.25, 0.3) is 0 Å². The lowest BCUT2D eigenvalue weighted by Crippen LogP contribution is -2.48. The molecule has 0 fully saturated rings. The molecule has 0 aliphatic heterocycles. The number of hydrogen-bond donors (Lipinski definition) is 4. The third-order valence-corrected chi connectivity index (χ3v) is 9.13. The van der Waals surface area contributed by atoms with Crippen molar-refractivity contribution in [3.8, 4) is 0 Å². The summed E-state index contributed by atoms with van der Waals surface area (Å²) < 4.78 is 0. The molecule has 0 rings (SSSR count). The second-order valence-corrected chi connectivity index (χ2v) is 13.5. The molecule has 0 saturated carbocycles. The van der Waals surface area contributed by atoms with Gasteiger partial charge < -0.3 is 20.6 Å². The normalized spacial score (nSPS) is 13.8. The van der Waals surface area contributed by atoms with Crippen LogP contribution in [0.2, 0.25) is 0 Å². The summed E-state index contributed by atoms with van der Waals surface area (Å²) in [5.74, 6) is -0.503. The molecule has 0 saturated heterocycles. The van der Waals surface area contributed by atoms with Gasteiger partial charge in [0.15, 0.2) is 0 Å². The van der Waals surface area contributed by atoms with Crippen LogP contribution in [-0.2, 0) is 4.79 Å². The number of nitrogens with one attached hydrogen (secondary N) is 1. The monoisotopic (exact) mass is 624 g/mol. The summed E-state index contributed by atoms with van der Waals surface area (Å²) >= 11 is 0. The van der Waals surface area contributed by atoms with Crippen molar-refractivity contribution in [1.29, 1.82) is 0 Å². The van der Waals surface area contributed by atoms with E-state index in [4.69, 9.17) is 0 Å². The Morgan fingerprint density at radius 2 is 0.886 bits per heavy atom. The minimum Gasteiger partial charge on any atom is -0.394 e. The highest BCUT2D eigenvalue weighted by Gasteiger charge is 2.22. The summed E-state index contributed by atoms with van der Waals surface area (Å²) in [6, 6.07) is -0.790. The SMILES string of the molecule is CCCCCCCCCCCCCCCCCCC/C=C/C(O)C(CO)NC(=O)C(O)CCCCCCCCCCCCC. The van der Waals surface area contributed by atoms with Gasteiger partial charge in [0.2, 0.25) is 5.91 Å². The van der Waals surface area contributed by atoms with E-state index in [2.05, 4.69) is 19.2 Å². The van der Waals surface area contributed by atoms with E-state index >= 15 is 0 Å². The van der Waals surface area contributed by atoms with Gasteiger partial charge >= 0.3 is 0 Å². The van der Waals surface area contributed by atoms with Crippen LogP contribution in [-0.4, -0.2) is 46.1 Å². The molecular formula is C39H77NO4. The molecule has 0 aromatic rings. The number of unbranched alkanes of at least 4 members (excludes halogenated alkanes) is 27. The molecule has 44 heavy (non-hydrogen) atoms. The van der Waals surface area contributed by atoms with Gasteiger partial charge in [-0.2, -0.15) is 0 Å². The predicted molar refractivity (Wildman–Crippen MR) is 190 cm³/mol. The summed E-state index contributed by atoms with van der Waals surface area (Å²) in [5, 5.41) is 33.0. The van der Waals surface area contributed by atoms with Gasteiger partial charge in [0.1, 0.15) is 6.10 Å². The van der Waals surface area contributed by atoms with E-state index in [0.717, 1.165) is 32.1 Å². The fourth-order valence-electron chi connectivity index (χ4n) is 6.01. The molecule has 262 valence electrons. The first kappa shape index (κ1) is 43.1. The van der Waals surface area contributed by atoms with Crippen molar-refractivity contribution in [2.45, 2.75) is 225 Å². The molecule has 0 heterocycles. The lowest BCUT2D eigenvalue weighted by molar-refractivity contribution is -0.131. The Labute approximate surface area is 274 Å². The fraction of sp³-hybridized carbons (Fsp3) is 0.923. The lowest BCUT2D eigenvalue weighted by Gasteiger charge is -2.21. The molecule has 0 aromatic heterocycles. The second kappa shape index (κ2) is 35.0. The van der Waals surface area contributed by atoms with Gasteiger partial charge in [-0.25, -0.2) is 0 Å². The summed E-state index contributed by atoms with van der Waals surface area (Å²) in [7, 11) is 0. The van der Waals surface area contributed by atoms with Crippen molar-refractivity contribution in [2.75, 3.05) is 6.61 Å². The minimum absolute atomic E-state index is 0.360. The third kappa shape index (κ3) is 29.8. The maximum atomic E-state index is 12.4. The Morgan fingerprint density at radius 3 is 1.25 bits per heavy atom. The molecular weight excluding hydrogens is 546 g/mol. The Balaban J connectivity index is 3.68. The maximum absolute atomic E-state index is 12.4. The van der Waals surface area contributed by atoms with Crippen LogP contribution in [0.25, 0.3) is 0 Å². The molecule has 0 bridgehead atoms. The van der Waals surface area contributed by atoms with Crippen molar-refractivity contribution in [2.24, 2.45) is 0 Å². The Morgan fingerprint density at radius 1 is 0.545 bits per heavy atom. The Hall–Kier alpha value is -0.910. The number of aliphatic hydroxyl groups is 3. The van der Waals surface area contributed by atoms with Gasteiger partial charge in [0, 0.05) is 0 Å². The van der Waals surface area contributed by atoms with E-state index in [1.807, 2.05) is 6.08 Å². The first-order valence-electron chi connectivity index (χ1n) is 19.5. The van der Waals surface area contributed by atoms with E-state index in [-0.39, 0.29) is 6.61 Å². The maximum Gasteiger partial charge on any atom is 0.249 e. The smallest absolute Gasteiger partial charge is 0.249 e. The van der Waals surface area contributed by atoms with Crippen molar-refractivity contribution in [3.63, 3.8) is 0 Å². The van der Waals surface area contributed by atoms with Crippen LogP contribution < -0.4 is 5.32 Å². The van der Waals surface area contributed by atoms with E-state index in [1.54, 1.807) is 6.08 Å². The molecule has 0 spiro atoms. The molecule has 4 N–H and O–H groups in total. The highest BCUT2D eigenvalue weighted by Crippen LogP contribution is 2.15. The average molecular weight is 624 g/mol. The molecule has 5 nitrogen and oxygen atoms in total. The largest absolute Gasteiger partial charge is 0.394 e. The van der Waals surface area contributed by atoms with Gasteiger partial charge in [-0.05, 0) is 19.3 Å². The minimum atomic E-state index is -1.09. The standard InChI is InChI=1S/C39H77NO4/c1-3-5-7-9-11-13-15-16-17-18-19-20-21-22-24-25-27-29-31-33-37(42)36(35-41)40-39(44)38(43)34-32-30-28-26-23-14-12-10-8-6-4-2/h31,33,36-38,41-43H,3-30,32,34-35H2,1-2H3,(H,40,44)/b33-31+. The van der Waals surface area contributed by atoms with E-state index in [0.29, 0.717) is 6.42 Å². The zero-order valence-corrected chi connectivity index (χ0v) is 29.6. The zero-order chi connectivity index (χ0) is 32.4. The Bertz CT molecular complexity index is 611. The molecule has 0 radical (unpaired) electrons. The van der Waals surface area contributed by atoms with Crippen molar-refractivity contribution >= 4 is 5.91 Å². The van der Waals surface area contributed by atoms with E-state index < -0.39 is 24.2 Å². The number of carbonyl (C=O) groups excluding carboxylic acids is 1. The van der Waals surface area contributed by atoms with E-state index in [1.165, 1.54) is 154 Å². The zero-order valence-electron chi connectivity index (χ0n) is 29.6. The first-order chi connectivity index (χ1) is 21.6. The van der Waals surface area contributed by atoms with Crippen molar-refractivity contribution in [3.05, 3.63) is 12.2 Å². The molecule has 1 amide bonds. The Kier molecular flexibility index (Phi) is 34.2. The topological polar surface area (TPSA) is 89.8 Å². The number of hydrogen-bond acceptors (Lipinski definition) is 4. The molecule has 3 atom stereocenters. The summed E-state index contributed by atoms with van der Waals surface area (Å²) in [6.45, 7) is 4.17. The molecule has 0 aromatic carbocycles. The predicted octanol–water partition coefficient (Wildman–Crippen LogP) is 10.5. The first-order valence-corrected chi connectivity index (χ1v) is 19.5. The van der Waals surface area contributed by atoms with Crippen LogP contribution in [0.5, 0.6) is 0 Å². The average Bonchev–Trinajstić information content (AvgIpc) is 3.03. The van der Waals surface area contributed by atoms with E-state index in [9.17, 15) is 20.1 Å². The fourth-order valence-corrected chi connectivity index (χ4v) is 6.01. The number of aliphatic hydroxyl groups excluding tert-OH is 3. The van der Waals surface area contributed by atoms with Gasteiger partial charge in [0.05, 0.1) is 18.8 Å². The highest BCUT2D eigenvalue weighted by molar-refractivity contribution is 5.80.